The van der Waals surface area contributed by atoms with Crippen molar-refractivity contribution in [2.45, 2.75) is 20.0 Å². The van der Waals surface area contributed by atoms with Crippen molar-refractivity contribution in [2.24, 2.45) is 5.10 Å². The van der Waals surface area contributed by atoms with Gasteiger partial charge in [0.1, 0.15) is 12.3 Å². The van der Waals surface area contributed by atoms with Gasteiger partial charge in [0.05, 0.1) is 12.8 Å². The molecule has 0 unspecified atom stereocenters. The normalized spacial score (nSPS) is 10.8. The molecule has 116 valence electrons. The minimum absolute atomic E-state index is 0.155. The summed E-state index contributed by atoms with van der Waals surface area (Å²) in [6.45, 7) is 1.92. The molecule has 0 saturated heterocycles. The standard InChI is InChI=1S/C13H16F3N3OS/c1-9(2)18-19(8-13(14,15)16)12(21)17-10-6-4-5-7-11(10)20-3/h4-7H,8H2,1-3H3,(H,17,21). The average Bonchev–Trinajstić information content (AvgIpc) is 2.36. The van der Waals surface area contributed by atoms with Crippen molar-refractivity contribution < 1.29 is 17.9 Å². The molecular weight excluding hydrogens is 303 g/mol. The summed E-state index contributed by atoms with van der Waals surface area (Å²) in [6.07, 6.45) is -4.41. The number of ether oxygens (including phenoxy) is 1. The maximum Gasteiger partial charge on any atom is 0.408 e. The van der Waals surface area contributed by atoms with Gasteiger partial charge in [-0.05, 0) is 38.2 Å². The van der Waals surface area contributed by atoms with Crippen LogP contribution in [0.5, 0.6) is 5.75 Å². The van der Waals surface area contributed by atoms with E-state index < -0.39 is 12.7 Å². The maximum absolute atomic E-state index is 12.6. The highest BCUT2D eigenvalue weighted by Crippen LogP contribution is 2.24. The molecule has 8 heteroatoms. The number of alkyl halides is 3. The molecule has 0 fully saturated rings. The first kappa shape index (κ1) is 17.2. The highest BCUT2D eigenvalue weighted by atomic mass is 32.1. The molecule has 21 heavy (non-hydrogen) atoms. The van der Waals surface area contributed by atoms with E-state index in [1.807, 2.05) is 0 Å². The molecule has 0 amide bonds. The van der Waals surface area contributed by atoms with E-state index in [4.69, 9.17) is 17.0 Å². The van der Waals surface area contributed by atoms with E-state index in [9.17, 15) is 13.2 Å². The second kappa shape index (κ2) is 7.26. The van der Waals surface area contributed by atoms with E-state index in [0.29, 0.717) is 22.2 Å². The van der Waals surface area contributed by atoms with Crippen molar-refractivity contribution >= 4 is 28.7 Å². The first-order valence-corrected chi connectivity index (χ1v) is 6.44. The fourth-order valence-electron chi connectivity index (χ4n) is 1.49. The molecule has 1 N–H and O–H groups in total. The summed E-state index contributed by atoms with van der Waals surface area (Å²) in [5.74, 6) is 0.476. The molecule has 0 bridgehead atoms. The van der Waals surface area contributed by atoms with Crippen LogP contribution in [-0.4, -0.2) is 35.7 Å². The van der Waals surface area contributed by atoms with Gasteiger partial charge in [0, 0.05) is 5.71 Å². The number of hydrogen-bond donors (Lipinski definition) is 1. The Morgan fingerprint density at radius 3 is 2.48 bits per heavy atom. The molecule has 0 heterocycles. The zero-order chi connectivity index (χ0) is 16.0. The lowest BCUT2D eigenvalue weighted by Crippen LogP contribution is -2.38. The van der Waals surface area contributed by atoms with E-state index in [1.54, 1.807) is 38.1 Å². The third-order valence-corrected chi connectivity index (χ3v) is 2.55. The SMILES string of the molecule is COc1ccccc1NC(=S)N(CC(F)(F)F)N=C(C)C. The van der Waals surface area contributed by atoms with Crippen molar-refractivity contribution in [3.8, 4) is 5.75 Å². The summed E-state index contributed by atoms with van der Waals surface area (Å²) in [4.78, 5) is 0. The number of methoxy groups -OCH3 is 1. The fraction of sp³-hybridized carbons (Fsp3) is 0.385. The Hall–Kier alpha value is -1.83. The molecule has 0 aromatic heterocycles. The molecule has 1 aromatic carbocycles. The largest absolute Gasteiger partial charge is 0.495 e. The molecule has 0 radical (unpaired) electrons. The zero-order valence-corrected chi connectivity index (χ0v) is 12.7. The third kappa shape index (κ3) is 5.99. The lowest BCUT2D eigenvalue weighted by atomic mass is 10.3. The smallest absolute Gasteiger partial charge is 0.408 e. The minimum Gasteiger partial charge on any atom is -0.495 e. The predicted octanol–water partition coefficient (Wildman–Crippen LogP) is 3.65. The number of para-hydroxylation sites is 2. The van der Waals surface area contributed by atoms with Crippen molar-refractivity contribution in [2.75, 3.05) is 19.0 Å². The zero-order valence-electron chi connectivity index (χ0n) is 11.9. The van der Waals surface area contributed by atoms with Gasteiger partial charge in [-0.15, -0.1) is 0 Å². The number of anilines is 1. The molecule has 0 aliphatic carbocycles. The van der Waals surface area contributed by atoms with E-state index >= 15 is 0 Å². The lowest BCUT2D eigenvalue weighted by Gasteiger charge is -2.23. The quantitative estimate of drug-likeness (QED) is 0.522. The molecule has 1 rings (SSSR count). The molecule has 0 aliphatic heterocycles. The van der Waals surface area contributed by atoms with E-state index in [1.165, 1.54) is 7.11 Å². The van der Waals surface area contributed by atoms with Gasteiger partial charge in [-0.1, -0.05) is 12.1 Å². The van der Waals surface area contributed by atoms with Crippen LogP contribution in [-0.2, 0) is 0 Å². The van der Waals surface area contributed by atoms with Crippen LogP contribution in [0.1, 0.15) is 13.8 Å². The third-order valence-electron chi connectivity index (χ3n) is 2.23. The summed E-state index contributed by atoms with van der Waals surface area (Å²) < 4.78 is 42.8. The van der Waals surface area contributed by atoms with Gasteiger partial charge in [0.25, 0.3) is 0 Å². The van der Waals surface area contributed by atoms with Gasteiger partial charge in [0.15, 0.2) is 5.11 Å². The second-order valence-corrected chi connectivity index (χ2v) is 4.74. The van der Waals surface area contributed by atoms with E-state index in [-0.39, 0.29) is 5.11 Å². The highest BCUT2D eigenvalue weighted by Gasteiger charge is 2.32. The minimum atomic E-state index is -4.41. The lowest BCUT2D eigenvalue weighted by molar-refractivity contribution is -0.137. The Balaban J connectivity index is 2.93. The number of halogens is 3. The van der Waals surface area contributed by atoms with Crippen molar-refractivity contribution in [3.05, 3.63) is 24.3 Å². The van der Waals surface area contributed by atoms with Crippen molar-refractivity contribution in [1.82, 2.24) is 5.01 Å². The molecule has 1 aromatic rings. The van der Waals surface area contributed by atoms with E-state index in [2.05, 4.69) is 10.4 Å². The van der Waals surface area contributed by atoms with Gasteiger partial charge in [-0.25, -0.2) is 5.01 Å². The first-order valence-electron chi connectivity index (χ1n) is 6.03. The summed E-state index contributed by atoms with van der Waals surface area (Å²) in [5.41, 5.74) is 0.935. The topological polar surface area (TPSA) is 36.9 Å². The van der Waals surface area contributed by atoms with Crippen LogP contribution in [0, 0.1) is 0 Å². The average molecular weight is 319 g/mol. The maximum atomic E-state index is 12.6. The van der Waals surface area contributed by atoms with Gasteiger partial charge >= 0.3 is 6.18 Å². The molecular formula is C13H16F3N3OS. The molecule has 0 aliphatic rings. The number of thiocarbonyl (C=S) groups is 1. The van der Waals surface area contributed by atoms with Crippen LogP contribution in [0.3, 0.4) is 0 Å². The Kier molecular flexibility index (Phi) is 5.95. The molecule has 0 spiro atoms. The van der Waals surface area contributed by atoms with Crippen LogP contribution < -0.4 is 10.1 Å². The van der Waals surface area contributed by atoms with E-state index in [0.717, 1.165) is 0 Å². The number of nitrogens with zero attached hydrogens (tertiary/aromatic N) is 2. The summed E-state index contributed by atoms with van der Waals surface area (Å²) >= 11 is 5.00. The predicted molar refractivity (Wildman–Crippen MR) is 80.8 cm³/mol. The van der Waals surface area contributed by atoms with Gasteiger partial charge < -0.3 is 10.1 Å². The Morgan fingerprint density at radius 2 is 1.95 bits per heavy atom. The van der Waals surface area contributed by atoms with Crippen molar-refractivity contribution in [3.63, 3.8) is 0 Å². The molecule has 0 saturated carbocycles. The van der Waals surface area contributed by atoms with Crippen LogP contribution in [0.15, 0.2) is 29.4 Å². The number of rotatable bonds is 4. The van der Waals surface area contributed by atoms with Crippen LogP contribution in [0.2, 0.25) is 0 Å². The monoisotopic (exact) mass is 319 g/mol. The Morgan fingerprint density at radius 1 is 1.33 bits per heavy atom. The van der Waals surface area contributed by atoms with Crippen molar-refractivity contribution in [1.29, 1.82) is 0 Å². The fourth-order valence-corrected chi connectivity index (χ4v) is 1.71. The second-order valence-electron chi connectivity index (χ2n) is 4.35. The van der Waals surface area contributed by atoms with Crippen LogP contribution in [0.25, 0.3) is 0 Å². The van der Waals surface area contributed by atoms with Gasteiger partial charge in [0.2, 0.25) is 0 Å². The molecule has 4 nitrogen and oxygen atoms in total. The summed E-state index contributed by atoms with van der Waals surface area (Å²) in [7, 11) is 1.46. The number of benzene rings is 1. The summed E-state index contributed by atoms with van der Waals surface area (Å²) in [5, 5.41) is 7.06. The summed E-state index contributed by atoms with van der Waals surface area (Å²) in [6, 6.07) is 6.79. The number of nitrogens with one attached hydrogen (secondary N) is 1. The first-order chi connectivity index (χ1) is 9.73. The molecule has 0 atom stereocenters. The van der Waals surface area contributed by atoms with Gasteiger partial charge in [-0.2, -0.15) is 18.3 Å². The highest BCUT2D eigenvalue weighted by molar-refractivity contribution is 7.80. The van der Waals surface area contributed by atoms with Crippen LogP contribution >= 0.6 is 12.2 Å². The van der Waals surface area contributed by atoms with Crippen LogP contribution in [0.4, 0.5) is 18.9 Å². The number of hydrogen-bond acceptors (Lipinski definition) is 3. The Bertz CT molecular complexity index is 528. The Labute approximate surface area is 126 Å². The number of hydrazone groups is 1. The van der Waals surface area contributed by atoms with Gasteiger partial charge in [-0.3, -0.25) is 0 Å².